The minimum absolute atomic E-state index is 0.527. The number of nitrogens with two attached hydrogens (primary N) is 1. The molecule has 1 aromatic rings. The summed E-state index contributed by atoms with van der Waals surface area (Å²) in [6.07, 6.45) is 6.41. The zero-order chi connectivity index (χ0) is 13.7. The van der Waals surface area contributed by atoms with Crippen LogP contribution < -0.4 is 16.4 Å². The Morgan fingerprint density at radius 2 is 2.05 bits per heavy atom. The average molecular weight is 261 g/mol. The lowest BCUT2D eigenvalue weighted by Gasteiger charge is -2.32. The summed E-state index contributed by atoms with van der Waals surface area (Å²) < 4.78 is 0. The third kappa shape index (κ3) is 3.88. The summed E-state index contributed by atoms with van der Waals surface area (Å²) >= 11 is 0. The van der Waals surface area contributed by atoms with E-state index in [0.29, 0.717) is 6.04 Å². The van der Waals surface area contributed by atoms with Crippen LogP contribution in [0.4, 0.5) is 16.2 Å². The molecular weight excluding hydrogens is 238 g/mol. The van der Waals surface area contributed by atoms with Gasteiger partial charge in [0.2, 0.25) is 0 Å². The van der Waals surface area contributed by atoms with Crippen LogP contribution in [-0.4, -0.2) is 12.1 Å². The molecule has 1 aromatic carbocycles. The van der Waals surface area contributed by atoms with Crippen LogP contribution in [0.5, 0.6) is 0 Å². The molecule has 2 rings (SSSR count). The smallest absolute Gasteiger partial charge is 0.316 e. The predicted molar refractivity (Wildman–Crippen MR) is 79.3 cm³/mol. The Bertz CT molecular complexity index is 433. The maximum Gasteiger partial charge on any atom is 0.316 e. The van der Waals surface area contributed by atoms with E-state index in [1.165, 1.54) is 32.1 Å². The van der Waals surface area contributed by atoms with Crippen molar-refractivity contribution in [1.29, 1.82) is 0 Å². The number of nitrogens with one attached hydrogen (secondary N) is 2. The van der Waals surface area contributed by atoms with Crippen molar-refractivity contribution in [2.75, 3.05) is 10.6 Å². The molecule has 1 fully saturated rings. The lowest BCUT2D eigenvalue weighted by Crippen LogP contribution is -2.31. The summed E-state index contributed by atoms with van der Waals surface area (Å²) in [6, 6.07) is 7.76. The Labute approximate surface area is 114 Å². The van der Waals surface area contributed by atoms with Crippen LogP contribution in [0.25, 0.3) is 0 Å². The molecule has 0 spiro atoms. The molecule has 0 heterocycles. The second-order valence-electron chi connectivity index (χ2n) is 5.27. The second kappa shape index (κ2) is 6.45. The van der Waals surface area contributed by atoms with Gasteiger partial charge in [-0.25, -0.2) is 4.79 Å². The third-order valence-electron chi connectivity index (χ3n) is 3.92. The van der Waals surface area contributed by atoms with E-state index in [-0.39, 0.29) is 0 Å². The lowest BCUT2D eigenvalue weighted by molar-refractivity contribution is 0.259. The fourth-order valence-electron chi connectivity index (χ4n) is 2.93. The van der Waals surface area contributed by atoms with E-state index in [1.807, 2.05) is 24.3 Å². The summed E-state index contributed by atoms with van der Waals surface area (Å²) in [4.78, 5) is 10.9. The molecule has 2 unspecified atom stereocenters. The molecule has 0 saturated heterocycles. The Morgan fingerprint density at radius 1 is 1.32 bits per heavy atom. The van der Waals surface area contributed by atoms with E-state index in [4.69, 9.17) is 5.73 Å². The van der Waals surface area contributed by atoms with Crippen LogP contribution in [0, 0.1) is 5.92 Å². The Kier molecular flexibility index (Phi) is 4.66. The molecule has 0 aliphatic heterocycles. The summed E-state index contributed by atoms with van der Waals surface area (Å²) in [5.74, 6) is 0.751. The number of hydrogen-bond donors (Lipinski definition) is 3. The van der Waals surface area contributed by atoms with E-state index in [1.54, 1.807) is 0 Å². The first kappa shape index (κ1) is 13.7. The monoisotopic (exact) mass is 261 g/mol. The van der Waals surface area contributed by atoms with Crippen molar-refractivity contribution in [3.63, 3.8) is 0 Å². The van der Waals surface area contributed by atoms with Crippen molar-refractivity contribution in [3.8, 4) is 0 Å². The van der Waals surface area contributed by atoms with E-state index < -0.39 is 6.03 Å². The van der Waals surface area contributed by atoms with Gasteiger partial charge in [-0.1, -0.05) is 32.3 Å². The molecule has 1 saturated carbocycles. The Balaban J connectivity index is 2.03. The molecule has 2 atom stereocenters. The van der Waals surface area contributed by atoms with E-state index >= 15 is 0 Å². The van der Waals surface area contributed by atoms with Crippen molar-refractivity contribution in [3.05, 3.63) is 24.3 Å². The van der Waals surface area contributed by atoms with Crippen LogP contribution in [0.1, 0.15) is 39.0 Å². The third-order valence-corrected chi connectivity index (χ3v) is 3.92. The SMILES string of the molecule is CCC1CCCCC1Nc1cccc(NC(N)=O)c1. The average Bonchev–Trinajstić information content (AvgIpc) is 2.39. The quantitative estimate of drug-likeness (QED) is 0.775. The highest BCUT2D eigenvalue weighted by atomic mass is 16.2. The highest BCUT2D eigenvalue weighted by Gasteiger charge is 2.23. The van der Waals surface area contributed by atoms with Gasteiger partial charge in [0.15, 0.2) is 0 Å². The molecule has 0 aromatic heterocycles. The van der Waals surface area contributed by atoms with Crippen LogP contribution in [-0.2, 0) is 0 Å². The molecule has 1 aliphatic carbocycles. The normalized spacial score (nSPS) is 22.8. The predicted octanol–water partition coefficient (Wildman–Crippen LogP) is 3.56. The van der Waals surface area contributed by atoms with Gasteiger partial charge in [0, 0.05) is 17.4 Å². The first-order chi connectivity index (χ1) is 9.19. The van der Waals surface area contributed by atoms with Crippen molar-refractivity contribution < 1.29 is 4.79 Å². The van der Waals surface area contributed by atoms with Crippen molar-refractivity contribution in [2.45, 2.75) is 45.1 Å². The van der Waals surface area contributed by atoms with E-state index in [2.05, 4.69) is 17.6 Å². The minimum atomic E-state index is -0.527. The van der Waals surface area contributed by atoms with Gasteiger partial charge in [-0.15, -0.1) is 0 Å². The fourth-order valence-corrected chi connectivity index (χ4v) is 2.93. The van der Waals surface area contributed by atoms with Crippen molar-refractivity contribution in [1.82, 2.24) is 0 Å². The van der Waals surface area contributed by atoms with Gasteiger partial charge < -0.3 is 16.4 Å². The Hall–Kier alpha value is -1.71. The van der Waals surface area contributed by atoms with E-state index in [0.717, 1.165) is 17.3 Å². The number of primary amides is 1. The molecular formula is C15H23N3O. The molecule has 2 amide bonds. The Morgan fingerprint density at radius 3 is 2.79 bits per heavy atom. The number of urea groups is 1. The van der Waals surface area contributed by atoms with Gasteiger partial charge in [-0.05, 0) is 37.0 Å². The van der Waals surface area contributed by atoms with Gasteiger partial charge in [-0.2, -0.15) is 0 Å². The largest absolute Gasteiger partial charge is 0.382 e. The van der Waals surface area contributed by atoms with E-state index in [9.17, 15) is 4.79 Å². The van der Waals surface area contributed by atoms with Gasteiger partial charge in [-0.3, -0.25) is 0 Å². The number of carbonyl (C=O) groups is 1. The summed E-state index contributed by atoms with van der Waals surface area (Å²) in [6.45, 7) is 2.26. The minimum Gasteiger partial charge on any atom is -0.382 e. The number of hydrogen-bond acceptors (Lipinski definition) is 2. The maximum absolute atomic E-state index is 10.9. The molecule has 4 nitrogen and oxygen atoms in total. The first-order valence-electron chi connectivity index (χ1n) is 7.12. The standard InChI is InChI=1S/C15H23N3O/c1-2-11-6-3-4-9-14(11)17-12-7-5-8-13(10-12)18-15(16)19/h5,7-8,10-11,14,17H,2-4,6,9H2,1H3,(H3,16,18,19). The van der Waals surface area contributed by atoms with Crippen molar-refractivity contribution in [2.24, 2.45) is 11.7 Å². The van der Waals surface area contributed by atoms with Crippen LogP contribution in [0.15, 0.2) is 24.3 Å². The molecule has 4 N–H and O–H groups in total. The number of anilines is 2. The fraction of sp³-hybridized carbons (Fsp3) is 0.533. The van der Waals surface area contributed by atoms with Gasteiger partial charge in [0.1, 0.15) is 0 Å². The molecule has 19 heavy (non-hydrogen) atoms. The van der Waals surface area contributed by atoms with Gasteiger partial charge >= 0.3 is 6.03 Å². The zero-order valence-corrected chi connectivity index (χ0v) is 11.5. The number of amides is 2. The number of rotatable bonds is 4. The zero-order valence-electron chi connectivity index (χ0n) is 11.5. The first-order valence-corrected chi connectivity index (χ1v) is 7.12. The summed E-state index contributed by atoms with van der Waals surface area (Å²) in [5.41, 5.74) is 6.92. The number of benzene rings is 1. The van der Waals surface area contributed by atoms with Gasteiger partial charge in [0.05, 0.1) is 0 Å². The van der Waals surface area contributed by atoms with Crippen LogP contribution >= 0.6 is 0 Å². The topological polar surface area (TPSA) is 67.2 Å². The van der Waals surface area contributed by atoms with Crippen LogP contribution in [0.2, 0.25) is 0 Å². The summed E-state index contributed by atoms with van der Waals surface area (Å²) in [5, 5.41) is 6.21. The van der Waals surface area contributed by atoms with Crippen LogP contribution in [0.3, 0.4) is 0 Å². The summed E-state index contributed by atoms with van der Waals surface area (Å²) in [7, 11) is 0. The molecule has 1 aliphatic rings. The molecule has 0 radical (unpaired) electrons. The molecule has 0 bridgehead atoms. The number of carbonyl (C=O) groups excluding carboxylic acids is 1. The highest BCUT2D eigenvalue weighted by molar-refractivity contribution is 5.88. The van der Waals surface area contributed by atoms with Crippen molar-refractivity contribution >= 4 is 17.4 Å². The molecule has 104 valence electrons. The highest BCUT2D eigenvalue weighted by Crippen LogP contribution is 2.29. The van der Waals surface area contributed by atoms with Gasteiger partial charge in [0.25, 0.3) is 0 Å². The second-order valence-corrected chi connectivity index (χ2v) is 5.27. The molecule has 4 heteroatoms. The maximum atomic E-state index is 10.9. The lowest BCUT2D eigenvalue weighted by atomic mass is 9.83.